The van der Waals surface area contributed by atoms with E-state index in [1.54, 1.807) is 0 Å². The monoisotopic (exact) mass is 232 g/mol. The van der Waals surface area contributed by atoms with Gasteiger partial charge in [0.15, 0.2) is 0 Å². The number of hydrogen-bond acceptors (Lipinski definition) is 4. The quantitative estimate of drug-likeness (QED) is 0.757. The third kappa shape index (κ3) is 2.34. The van der Waals surface area contributed by atoms with Gasteiger partial charge in [0.05, 0.1) is 0 Å². The average molecular weight is 232 g/mol. The number of piperazine rings is 2. The van der Waals surface area contributed by atoms with E-state index < -0.39 is 0 Å². The van der Waals surface area contributed by atoms with Gasteiger partial charge in [-0.15, -0.1) is 0 Å². The third-order valence-electron chi connectivity index (χ3n) is 3.91. The summed E-state index contributed by atoms with van der Waals surface area (Å²) >= 11 is 0. The van der Waals surface area contributed by atoms with Gasteiger partial charge >= 0.3 is 0 Å². The molecule has 17 heavy (non-hydrogen) atoms. The summed E-state index contributed by atoms with van der Waals surface area (Å²) in [4.78, 5) is 9.25. The first-order valence-electron chi connectivity index (χ1n) is 6.39. The van der Waals surface area contributed by atoms with Crippen LogP contribution in [-0.4, -0.2) is 60.6 Å². The molecule has 2 atom stereocenters. The van der Waals surface area contributed by atoms with E-state index in [1.165, 1.54) is 25.2 Å². The highest BCUT2D eigenvalue weighted by molar-refractivity contribution is 5.15. The first kappa shape index (κ1) is 11.1. The van der Waals surface area contributed by atoms with Crippen LogP contribution in [-0.2, 0) is 0 Å². The zero-order valence-electron chi connectivity index (χ0n) is 10.3. The predicted octanol–water partition coefficient (Wildman–Crippen LogP) is 0.342. The van der Waals surface area contributed by atoms with Gasteiger partial charge in [0, 0.05) is 57.2 Å². The van der Waals surface area contributed by atoms with Crippen LogP contribution >= 0.6 is 0 Å². The van der Waals surface area contributed by atoms with Crippen molar-refractivity contribution in [3.63, 3.8) is 0 Å². The van der Waals surface area contributed by atoms with Crippen molar-refractivity contribution in [2.45, 2.75) is 12.1 Å². The molecular weight excluding hydrogens is 212 g/mol. The van der Waals surface area contributed by atoms with Crippen molar-refractivity contribution in [2.75, 3.05) is 39.8 Å². The average Bonchev–Trinajstić information content (AvgIpc) is 2.39. The fraction of sp³-hybridized carbons (Fsp3) is 0.615. The Morgan fingerprint density at radius 3 is 3.12 bits per heavy atom. The van der Waals surface area contributed by atoms with Crippen molar-refractivity contribution in [3.05, 3.63) is 30.1 Å². The number of pyridine rings is 1. The van der Waals surface area contributed by atoms with Gasteiger partial charge in [0.2, 0.25) is 0 Å². The summed E-state index contributed by atoms with van der Waals surface area (Å²) in [5, 5.41) is 3.65. The summed E-state index contributed by atoms with van der Waals surface area (Å²) in [6, 6.07) is 5.32. The van der Waals surface area contributed by atoms with E-state index in [0.717, 1.165) is 13.1 Å². The summed E-state index contributed by atoms with van der Waals surface area (Å²) in [6.07, 6.45) is 3.82. The van der Waals surface area contributed by atoms with Crippen LogP contribution in [0.3, 0.4) is 0 Å². The lowest BCUT2D eigenvalue weighted by molar-refractivity contribution is 0.0538. The molecule has 2 fully saturated rings. The minimum absolute atomic E-state index is 0.448. The van der Waals surface area contributed by atoms with Crippen molar-refractivity contribution in [1.29, 1.82) is 0 Å². The highest BCUT2D eigenvalue weighted by Gasteiger charge is 2.31. The summed E-state index contributed by atoms with van der Waals surface area (Å²) in [7, 11) is 2.21. The second-order valence-corrected chi connectivity index (χ2v) is 5.16. The van der Waals surface area contributed by atoms with E-state index in [1.807, 2.05) is 18.5 Å². The fourth-order valence-electron chi connectivity index (χ4n) is 2.86. The largest absolute Gasteiger partial charge is 0.307 e. The molecule has 0 aliphatic carbocycles. The number of nitrogens with zero attached hydrogens (tertiary/aromatic N) is 3. The van der Waals surface area contributed by atoms with Gasteiger partial charge in [-0.05, 0) is 18.7 Å². The van der Waals surface area contributed by atoms with Crippen molar-refractivity contribution in [1.82, 2.24) is 20.1 Å². The lowest BCUT2D eigenvalue weighted by atomic mass is 10.0. The van der Waals surface area contributed by atoms with Crippen LogP contribution in [0.5, 0.6) is 0 Å². The van der Waals surface area contributed by atoms with Crippen molar-refractivity contribution in [2.24, 2.45) is 0 Å². The topological polar surface area (TPSA) is 31.4 Å². The molecular formula is C13H20N4. The highest BCUT2D eigenvalue weighted by atomic mass is 15.3. The highest BCUT2D eigenvalue weighted by Crippen LogP contribution is 2.21. The summed E-state index contributed by atoms with van der Waals surface area (Å²) in [5.74, 6) is 0. The Balaban J connectivity index is 1.68. The van der Waals surface area contributed by atoms with Crippen molar-refractivity contribution in [3.8, 4) is 0 Å². The Bertz CT molecular complexity index is 367. The normalized spacial score (nSPS) is 31.1. The van der Waals surface area contributed by atoms with Gasteiger partial charge in [-0.2, -0.15) is 0 Å². The lowest BCUT2D eigenvalue weighted by Crippen LogP contribution is -2.61. The molecule has 0 aromatic carbocycles. The second-order valence-electron chi connectivity index (χ2n) is 5.16. The Morgan fingerprint density at radius 2 is 2.29 bits per heavy atom. The molecule has 3 rings (SSSR count). The molecule has 0 bridgehead atoms. The number of hydrogen-bond donors (Lipinski definition) is 1. The Hall–Kier alpha value is -0.970. The fourth-order valence-corrected chi connectivity index (χ4v) is 2.86. The van der Waals surface area contributed by atoms with Gasteiger partial charge < -0.3 is 10.2 Å². The maximum Gasteiger partial charge on any atom is 0.0465 e. The number of likely N-dealkylation sites (N-methyl/N-ethyl adjacent to an activating group) is 1. The molecule has 92 valence electrons. The maximum atomic E-state index is 4.21. The molecule has 2 aliphatic rings. The van der Waals surface area contributed by atoms with E-state index >= 15 is 0 Å². The number of rotatable bonds is 1. The zero-order chi connectivity index (χ0) is 11.7. The first-order valence-corrected chi connectivity index (χ1v) is 6.39. The molecule has 2 unspecified atom stereocenters. The molecule has 1 aromatic rings. The summed E-state index contributed by atoms with van der Waals surface area (Å²) < 4.78 is 0. The first-order chi connectivity index (χ1) is 8.33. The van der Waals surface area contributed by atoms with E-state index in [4.69, 9.17) is 0 Å². The van der Waals surface area contributed by atoms with E-state index in [0.29, 0.717) is 12.1 Å². The summed E-state index contributed by atoms with van der Waals surface area (Å²) in [6.45, 7) is 5.77. The van der Waals surface area contributed by atoms with Crippen molar-refractivity contribution < 1.29 is 0 Å². The van der Waals surface area contributed by atoms with Crippen LogP contribution < -0.4 is 5.32 Å². The molecule has 1 aromatic heterocycles. The minimum atomic E-state index is 0.448. The van der Waals surface area contributed by atoms with Gasteiger partial charge in [0.25, 0.3) is 0 Å². The number of nitrogens with one attached hydrogen (secondary N) is 1. The molecule has 0 amide bonds. The van der Waals surface area contributed by atoms with E-state index in [2.05, 4.69) is 33.2 Å². The number of fused-ring (bicyclic) bond motifs is 1. The van der Waals surface area contributed by atoms with Crippen molar-refractivity contribution >= 4 is 0 Å². The summed E-state index contributed by atoms with van der Waals surface area (Å²) in [5.41, 5.74) is 1.31. The molecule has 0 spiro atoms. The Morgan fingerprint density at radius 1 is 1.35 bits per heavy atom. The van der Waals surface area contributed by atoms with Gasteiger partial charge in [-0.1, -0.05) is 6.07 Å². The standard InChI is InChI=1S/C13H20N4/c1-16-5-6-17-10-13(15-8-12(17)9-16)11-3-2-4-14-7-11/h2-4,7,12-13,15H,5-6,8-10H2,1H3. The Kier molecular flexibility index (Phi) is 3.09. The van der Waals surface area contributed by atoms with Gasteiger partial charge in [-0.3, -0.25) is 9.88 Å². The predicted molar refractivity (Wildman–Crippen MR) is 67.8 cm³/mol. The molecule has 0 radical (unpaired) electrons. The molecule has 4 heteroatoms. The zero-order valence-corrected chi connectivity index (χ0v) is 10.3. The van der Waals surface area contributed by atoms with Gasteiger partial charge in [0.1, 0.15) is 0 Å². The van der Waals surface area contributed by atoms with E-state index in [9.17, 15) is 0 Å². The maximum absolute atomic E-state index is 4.21. The Labute approximate surface area is 103 Å². The van der Waals surface area contributed by atoms with Gasteiger partial charge in [-0.25, -0.2) is 0 Å². The molecule has 2 saturated heterocycles. The minimum Gasteiger partial charge on any atom is -0.307 e. The molecule has 3 heterocycles. The van der Waals surface area contributed by atoms with Crippen LogP contribution in [0.15, 0.2) is 24.5 Å². The lowest BCUT2D eigenvalue weighted by Gasteiger charge is -2.45. The van der Waals surface area contributed by atoms with E-state index in [-0.39, 0.29) is 0 Å². The molecule has 2 aliphatic heterocycles. The smallest absolute Gasteiger partial charge is 0.0465 e. The third-order valence-corrected chi connectivity index (χ3v) is 3.91. The number of aromatic nitrogens is 1. The molecule has 4 nitrogen and oxygen atoms in total. The van der Waals surface area contributed by atoms with Crippen LogP contribution in [0.1, 0.15) is 11.6 Å². The van der Waals surface area contributed by atoms with Crippen LogP contribution in [0.25, 0.3) is 0 Å². The second kappa shape index (κ2) is 4.72. The molecule has 1 N–H and O–H groups in total. The van der Waals surface area contributed by atoms with Crippen LogP contribution in [0, 0.1) is 0 Å². The van der Waals surface area contributed by atoms with Crippen LogP contribution in [0.2, 0.25) is 0 Å². The SMILES string of the molecule is CN1CCN2CC(c3cccnc3)NCC2C1. The molecule has 0 saturated carbocycles. The van der Waals surface area contributed by atoms with Crippen LogP contribution in [0.4, 0.5) is 0 Å².